The molecule has 1 aliphatic rings. The van der Waals surface area contributed by atoms with Crippen molar-refractivity contribution in [3.8, 4) is 0 Å². The molecule has 0 unspecified atom stereocenters. The molecule has 0 atom stereocenters. The predicted octanol–water partition coefficient (Wildman–Crippen LogP) is -0.282. The summed E-state index contributed by atoms with van der Waals surface area (Å²) < 4.78 is 5.16. The average molecular weight is 113 g/mol. The lowest BCUT2D eigenvalue weighted by molar-refractivity contribution is 0.0726. The van der Waals surface area contributed by atoms with Crippen LogP contribution in [0, 0.1) is 0 Å². The van der Waals surface area contributed by atoms with Gasteiger partial charge < -0.3 is 9.55 Å². The van der Waals surface area contributed by atoms with Gasteiger partial charge in [-0.1, -0.05) is 6.82 Å². The van der Waals surface area contributed by atoms with Crippen molar-refractivity contribution in [1.29, 1.82) is 0 Å². The molecule has 1 rings (SSSR count). The molecule has 8 heavy (non-hydrogen) atoms. The van der Waals surface area contributed by atoms with E-state index in [1.165, 1.54) is 7.41 Å². The standard InChI is InChI=1S/C5H12BNO/c1-6-7-2-4-8-5-3-7/h6H,2-5H2,1H3. The first kappa shape index (κ1) is 6.11. The van der Waals surface area contributed by atoms with Crippen molar-refractivity contribution < 1.29 is 4.74 Å². The highest BCUT2D eigenvalue weighted by molar-refractivity contribution is 6.29. The van der Waals surface area contributed by atoms with Gasteiger partial charge in [0, 0.05) is 13.1 Å². The second-order valence-corrected chi connectivity index (χ2v) is 2.05. The Labute approximate surface area is 51.1 Å². The van der Waals surface area contributed by atoms with Crippen LogP contribution in [-0.4, -0.2) is 38.5 Å². The van der Waals surface area contributed by atoms with E-state index >= 15 is 0 Å². The normalized spacial score (nSPS) is 23.1. The van der Waals surface area contributed by atoms with Gasteiger partial charge in [-0.05, 0) is 0 Å². The van der Waals surface area contributed by atoms with Crippen LogP contribution in [0.25, 0.3) is 0 Å². The fraction of sp³-hybridized carbons (Fsp3) is 1.00. The minimum Gasteiger partial charge on any atom is -0.379 e. The van der Waals surface area contributed by atoms with Crippen molar-refractivity contribution in [2.24, 2.45) is 0 Å². The summed E-state index contributed by atoms with van der Waals surface area (Å²) in [6.45, 7) is 6.28. The average Bonchev–Trinajstić information content (AvgIpc) is 1.90. The maximum absolute atomic E-state index is 5.16. The highest BCUT2D eigenvalue weighted by atomic mass is 16.5. The third-order valence-corrected chi connectivity index (χ3v) is 1.55. The Bertz CT molecular complexity index is 63.4. The summed E-state index contributed by atoms with van der Waals surface area (Å²) in [5.74, 6) is 0. The Kier molecular flexibility index (Phi) is 2.37. The van der Waals surface area contributed by atoms with Gasteiger partial charge >= 0.3 is 0 Å². The van der Waals surface area contributed by atoms with E-state index in [0.717, 1.165) is 26.3 Å². The molecular weight excluding hydrogens is 101 g/mol. The van der Waals surface area contributed by atoms with Crippen molar-refractivity contribution in [3.63, 3.8) is 0 Å². The van der Waals surface area contributed by atoms with Gasteiger partial charge in [0.25, 0.3) is 0 Å². The van der Waals surface area contributed by atoms with Crippen LogP contribution in [0.4, 0.5) is 0 Å². The quantitative estimate of drug-likeness (QED) is 0.433. The van der Waals surface area contributed by atoms with Crippen molar-refractivity contribution in [3.05, 3.63) is 0 Å². The van der Waals surface area contributed by atoms with Crippen molar-refractivity contribution in [1.82, 2.24) is 4.81 Å². The maximum atomic E-state index is 5.16. The molecule has 0 aromatic rings. The largest absolute Gasteiger partial charge is 0.379 e. The van der Waals surface area contributed by atoms with E-state index in [1.807, 2.05) is 0 Å². The molecule has 0 aromatic carbocycles. The summed E-state index contributed by atoms with van der Waals surface area (Å²) in [6.07, 6.45) is 0. The van der Waals surface area contributed by atoms with Gasteiger partial charge in [0.05, 0.1) is 13.2 Å². The van der Waals surface area contributed by atoms with E-state index in [9.17, 15) is 0 Å². The Hall–Kier alpha value is -0.0151. The number of hydrogen-bond donors (Lipinski definition) is 0. The SMILES string of the molecule is CBN1CCOCC1. The fourth-order valence-corrected chi connectivity index (χ4v) is 0.917. The van der Waals surface area contributed by atoms with Crippen LogP contribution in [0.3, 0.4) is 0 Å². The zero-order valence-corrected chi connectivity index (χ0v) is 5.39. The molecule has 1 saturated heterocycles. The van der Waals surface area contributed by atoms with Gasteiger partial charge in [-0.2, -0.15) is 0 Å². The van der Waals surface area contributed by atoms with E-state index in [-0.39, 0.29) is 0 Å². The molecule has 1 fully saturated rings. The molecule has 0 aromatic heterocycles. The first-order valence-corrected chi connectivity index (χ1v) is 3.23. The summed E-state index contributed by atoms with van der Waals surface area (Å²) >= 11 is 0. The molecule has 3 heteroatoms. The van der Waals surface area contributed by atoms with E-state index in [4.69, 9.17) is 4.74 Å². The molecule has 0 amide bonds. The van der Waals surface area contributed by atoms with Gasteiger partial charge in [-0.15, -0.1) is 0 Å². The summed E-state index contributed by atoms with van der Waals surface area (Å²) in [6, 6.07) is 0. The molecule has 2 nitrogen and oxygen atoms in total. The van der Waals surface area contributed by atoms with E-state index < -0.39 is 0 Å². The smallest absolute Gasteiger partial charge is 0.201 e. The molecule has 0 aliphatic carbocycles. The molecule has 1 aliphatic heterocycles. The van der Waals surface area contributed by atoms with Crippen molar-refractivity contribution in [2.75, 3.05) is 26.3 Å². The first-order valence-electron chi connectivity index (χ1n) is 3.23. The third-order valence-electron chi connectivity index (χ3n) is 1.55. The highest BCUT2D eigenvalue weighted by Crippen LogP contribution is 1.92. The zero-order valence-electron chi connectivity index (χ0n) is 5.39. The number of morpholine rings is 1. The van der Waals surface area contributed by atoms with Gasteiger partial charge in [-0.3, -0.25) is 0 Å². The molecular formula is C5H12BNO. The number of hydrogen-bond acceptors (Lipinski definition) is 2. The van der Waals surface area contributed by atoms with Crippen molar-refractivity contribution in [2.45, 2.75) is 6.82 Å². The Morgan fingerprint density at radius 2 is 2.00 bits per heavy atom. The van der Waals surface area contributed by atoms with Crippen LogP contribution in [0.5, 0.6) is 0 Å². The highest BCUT2D eigenvalue weighted by Gasteiger charge is 2.06. The molecule has 0 saturated carbocycles. The van der Waals surface area contributed by atoms with Gasteiger partial charge in [0.2, 0.25) is 7.41 Å². The Balaban J connectivity index is 2.13. The Morgan fingerprint density at radius 3 is 2.38 bits per heavy atom. The van der Waals surface area contributed by atoms with Gasteiger partial charge in [-0.25, -0.2) is 0 Å². The van der Waals surface area contributed by atoms with Crippen LogP contribution in [0.1, 0.15) is 0 Å². The number of ether oxygens (including phenoxy) is 1. The van der Waals surface area contributed by atoms with Crippen LogP contribution in [0.2, 0.25) is 6.82 Å². The molecule has 0 N–H and O–H groups in total. The molecule has 0 spiro atoms. The number of nitrogens with zero attached hydrogens (tertiary/aromatic N) is 1. The zero-order chi connectivity index (χ0) is 5.82. The molecule has 46 valence electrons. The summed E-state index contributed by atoms with van der Waals surface area (Å²) in [4.78, 5) is 2.39. The Morgan fingerprint density at radius 1 is 1.38 bits per heavy atom. The lowest BCUT2D eigenvalue weighted by Crippen LogP contribution is -2.37. The van der Waals surface area contributed by atoms with Crippen LogP contribution in [0.15, 0.2) is 0 Å². The summed E-state index contributed by atoms with van der Waals surface area (Å²) in [7, 11) is 1.17. The van der Waals surface area contributed by atoms with E-state index in [0.29, 0.717) is 0 Å². The predicted molar refractivity (Wildman–Crippen MR) is 35.4 cm³/mol. The van der Waals surface area contributed by atoms with Crippen LogP contribution >= 0.6 is 0 Å². The topological polar surface area (TPSA) is 12.5 Å². The molecule has 1 heterocycles. The summed E-state index contributed by atoms with van der Waals surface area (Å²) in [5.41, 5.74) is 0. The van der Waals surface area contributed by atoms with E-state index in [2.05, 4.69) is 11.6 Å². The third kappa shape index (κ3) is 1.49. The lowest BCUT2D eigenvalue weighted by atomic mass is 9.96. The second-order valence-electron chi connectivity index (χ2n) is 2.05. The van der Waals surface area contributed by atoms with Crippen LogP contribution in [-0.2, 0) is 4.74 Å². The fourth-order valence-electron chi connectivity index (χ4n) is 0.917. The lowest BCUT2D eigenvalue weighted by Gasteiger charge is -2.24. The minimum atomic E-state index is 0.924. The second kappa shape index (κ2) is 3.10. The monoisotopic (exact) mass is 113 g/mol. The first-order chi connectivity index (χ1) is 3.93. The number of rotatable bonds is 1. The summed E-state index contributed by atoms with van der Waals surface area (Å²) in [5, 5.41) is 0. The van der Waals surface area contributed by atoms with Gasteiger partial charge in [0.1, 0.15) is 0 Å². The molecule has 0 bridgehead atoms. The van der Waals surface area contributed by atoms with Crippen LogP contribution < -0.4 is 0 Å². The minimum absolute atomic E-state index is 0.924. The van der Waals surface area contributed by atoms with E-state index in [1.54, 1.807) is 0 Å². The molecule has 0 radical (unpaired) electrons. The van der Waals surface area contributed by atoms with Gasteiger partial charge in [0.15, 0.2) is 0 Å². The van der Waals surface area contributed by atoms with Crippen molar-refractivity contribution >= 4 is 7.41 Å². The maximum Gasteiger partial charge on any atom is 0.201 e.